The van der Waals surface area contributed by atoms with E-state index in [1.807, 2.05) is 18.2 Å². The number of likely N-dealkylation sites (tertiary alicyclic amines) is 1. The lowest BCUT2D eigenvalue weighted by Gasteiger charge is -2.32. The first-order chi connectivity index (χ1) is 11.1. The molecule has 4 heteroatoms. The summed E-state index contributed by atoms with van der Waals surface area (Å²) in [7, 11) is 1.77. The summed E-state index contributed by atoms with van der Waals surface area (Å²) in [6, 6.07) is 8.09. The summed E-state index contributed by atoms with van der Waals surface area (Å²) in [6.45, 7) is 8.27. The molecule has 1 heterocycles. The molecule has 0 amide bonds. The van der Waals surface area contributed by atoms with E-state index in [4.69, 9.17) is 9.47 Å². The van der Waals surface area contributed by atoms with Crippen LogP contribution in [0.25, 0.3) is 0 Å². The van der Waals surface area contributed by atoms with Gasteiger partial charge in [-0.25, -0.2) is 0 Å². The minimum atomic E-state index is -0.450. The molecule has 0 spiro atoms. The molecule has 0 aromatic heterocycles. The molecule has 130 valence electrons. The van der Waals surface area contributed by atoms with E-state index in [9.17, 15) is 5.11 Å². The van der Waals surface area contributed by atoms with Crippen LogP contribution in [0.2, 0.25) is 0 Å². The van der Waals surface area contributed by atoms with E-state index in [0.29, 0.717) is 25.0 Å². The molecule has 0 saturated carbocycles. The number of hydrogen-bond donors (Lipinski definition) is 1. The van der Waals surface area contributed by atoms with E-state index in [1.165, 1.54) is 5.56 Å². The SMILES string of the molecule is COCC1CCN(CC(O)COc2ccccc2C(C)C)CC1. The van der Waals surface area contributed by atoms with Gasteiger partial charge in [0.2, 0.25) is 0 Å². The van der Waals surface area contributed by atoms with Crippen molar-refractivity contribution in [2.24, 2.45) is 5.92 Å². The molecule has 1 unspecified atom stereocenters. The highest BCUT2D eigenvalue weighted by atomic mass is 16.5. The first kappa shape index (κ1) is 18.2. The van der Waals surface area contributed by atoms with Crippen molar-refractivity contribution < 1.29 is 14.6 Å². The molecular weight excluding hydrogens is 290 g/mol. The van der Waals surface area contributed by atoms with Crippen LogP contribution in [0.1, 0.15) is 38.2 Å². The van der Waals surface area contributed by atoms with Gasteiger partial charge in [-0.1, -0.05) is 32.0 Å². The van der Waals surface area contributed by atoms with E-state index in [-0.39, 0.29) is 0 Å². The third-order valence-electron chi connectivity index (χ3n) is 4.55. The average Bonchev–Trinajstić information content (AvgIpc) is 2.55. The van der Waals surface area contributed by atoms with Crippen LogP contribution in [0.5, 0.6) is 5.75 Å². The van der Waals surface area contributed by atoms with Crippen LogP contribution >= 0.6 is 0 Å². The summed E-state index contributed by atoms with van der Waals surface area (Å²) >= 11 is 0. The predicted octanol–water partition coefficient (Wildman–Crippen LogP) is 2.91. The Balaban J connectivity index is 1.75. The minimum absolute atomic E-state index is 0.349. The van der Waals surface area contributed by atoms with Crippen LogP contribution in [-0.4, -0.2) is 56.1 Å². The molecule has 1 saturated heterocycles. The molecular formula is C19H31NO3. The fourth-order valence-electron chi connectivity index (χ4n) is 3.20. The van der Waals surface area contributed by atoms with Crippen molar-refractivity contribution >= 4 is 0 Å². The molecule has 1 N–H and O–H groups in total. The maximum absolute atomic E-state index is 10.3. The predicted molar refractivity (Wildman–Crippen MR) is 93.1 cm³/mol. The number of aliphatic hydroxyl groups is 1. The van der Waals surface area contributed by atoms with Crippen molar-refractivity contribution in [3.05, 3.63) is 29.8 Å². The fourth-order valence-corrected chi connectivity index (χ4v) is 3.20. The molecule has 2 rings (SSSR count). The number of β-amino-alcohol motifs (C(OH)–C–C–N with tert-alkyl or cyclic N) is 1. The third-order valence-corrected chi connectivity index (χ3v) is 4.55. The summed E-state index contributed by atoms with van der Waals surface area (Å²) in [4.78, 5) is 2.33. The van der Waals surface area contributed by atoms with Gasteiger partial charge in [0.15, 0.2) is 0 Å². The number of ether oxygens (including phenoxy) is 2. The van der Waals surface area contributed by atoms with Crippen LogP contribution < -0.4 is 4.74 Å². The number of benzene rings is 1. The molecule has 0 aliphatic carbocycles. The normalized spacial score (nSPS) is 18.3. The molecule has 0 radical (unpaired) electrons. The van der Waals surface area contributed by atoms with Gasteiger partial charge in [0.25, 0.3) is 0 Å². The Bertz CT molecular complexity index is 456. The second-order valence-electron chi connectivity index (χ2n) is 6.86. The highest BCUT2D eigenvalue weighted by Crippen LogP contribution is 2.26. The monoisotopic (exact) mass is 321 g/mol. The van der Waals surface area contributed by atoms with Gasteiger partial charge in [0.1, 0.15) is 18.5 Å². The standard InChI is InChI=1S/C19H31NO3/c1-15(2)18-6-4-5-7-19(18)23-14-17(21)12-20-10-8-16(9-11-20)13-22-3/h4-7,15-17,21H,8-14H2,1-3H3. The summed E-state index contributed by atoms with van der Waals surface area (Å²) in [5.74, 6) is 1.98. The molecule has 1 atom stereocenters. The van der Waals surface area contributed by atoms with Crippen molar-refractivity contribution in [1.29, 1.82) is 0 Å². The van der Waals surface area contributed by atoms with Gasteiger partial charge in [-0.3, -0.25) is 0 Å². The Morgan fingerprint density at radius 2 is 1.91 bits per heavy atom. The molecule has 1 aliphatic heterocycles. The number of nitrogens with zero attached hydrogens (tertiary/aromatic N) is 1. The highest BCUT2D eigenvalue weighted by Gasteiger charge is 2.21. The van der Waals surface area contributed by atoms with Crippen molar-refractivity contribution in [3.63, 3.8) is 0 Å². The van der Waals surface area contributed by atoms with E-state index < -0.39 is 6.10 Å². The first-order valence-corrected chi connectivity index (χ1v) is 8.71. The maximum atomic E-state index is 10.3. The van der Waals surface area contributed by atoms with Crippen LogP contribution in [0.3, 0.4) is 0 Å². The molecule has 4 nitrogen and oxygen atoms in total. The van der Waals surface area contributed by atoms with Crippen LogP contribution in [0.4, 0.5) is 0 Å². The quantitative estimate of drug-likeness (QED) is 0.799. The van der Waals surface area contributed by atoms with Gasteiger partial charge >= 0.3 is 0 Å². The summed E-state index contributed by atoms with van der Waals surface area (Å²) in [5, 5.41) is 10.3. The lowest BCUT2D eigenvalue weighted by molar-refractivity contribution is 0.0438. The zero-order chi connectivity index (χ0) is 16.7. The van der Waals surface area contributed by atoms with Crippen LogP contribution in [-0.2, 0) is 4.74 Å². The number of para-hydroxylation sites is 1. The number of aliphatic hydroxyl groups excluding tert-OH is 1. The molecule has 23 heavy (non-hydrogen) atoms. The van der Waals surface area contributed by atoms with Gasteiger partial charge in [0, 0.05) is 20.3 Å². The number of hydrogen-bond acceptors (Lipinski definition) is 4. The summed E-state index contributed by atoms with van der Waals surface area (Å²) in [6.07, 6.45) is 1.85. The van der Waals surface area contributed by atoms with Crippen LogP contribution in [0.15, 0.2) is 24.3 Å². The Labute approximate surface area is 140 Å². The van der Waals surface area contributed by atoms with Crippen LogP contribution in [0, 0.1) is 5.92 Å². The van der Waals surface area contributed by atoms with E-state index in [1.54, 1.807) is 7.11 Å². The molecule has 0 bridgehead atoms. The van der Waals surface area contributed by atoms with Gasteiger partial charge in [-0.15, -0.1) is 0 Å². The first-order valence-electron chi connectivity index (χ1n) is 8.71. The van der Waals surface area contributed by atoms with E-state index >= 15 is 0 Å². The summed E-state index contributed by atoms with van der Waals surface area (Å²) in [5.41, 5.74) is 1.19. The van der Waals surface area contributed by atoms with Crippen molar-refractivity contribution in [2.75, 3.05) is 40.0 Å². The number of piperidine rings is 1. The van der Waals surface area contributed by atoms with Gasteiger partial charge < -0.3 is 19.5 Å². The van der Waals surface area contributed by atoms with Gasteiger partial charge in [-0.2, -0.15) is 0 Å². The average molecular weight is 321 g/mol. The second-order valence-corrected chi connectivity index (χ2v) is 6.86. The third kappa shape index (κ3) is 5.79. The Morgan fingerprint density at radius 3 is 2.57 bits per heavy atom. The lowest BCUT2D eigenvalue weighted by Crippen LogP contribution is -2.41. The van der Waals surface area contributed by atoms with Crippen molar-refractivity contribution in [1.82, 2.24) is 4.90 Å². The number of methoxy groups -OCH3 is 1. The molecule has 1 aliphatic rings. The second kappa shape index (κ2) is 9.26. The summed E-state index contributed by atoms with van der Waals surface area (Å²) < 4.78 is 11.1. The van der Waals surface area contributed by atoms with Gasteiger partial charge in [0.05, 0.1) is 0 Å². The van der Waals surface area contributed by atoms with Gasteiger partial charge in [-0.05, 0) is 49.4 Å². The Kier molecular flexibility index (Phi) is 7.34. The highest BCUT2D eigenvalue weighted by molar-refractivity contribution is 5.35. The topological polar surface area (TPSA) is 41.9 Å². The molecule has 1 aromatic rings. The molecule has 1 aromatic carbocycles. The van der Waals surface area contributed by atoms with E-state index in [0.717, 1.165) is 38.3 Å². The number of rotatable bonds is 8. The van der Waals surface area contributed by atoms with E-state index in [2.05, 4.69) is 24.8 Å². The largest absolute Gasteiger partial charge is 0.491 e. The Hall–Kier alpha value is -1.10. The Morgan fingerprint density at radius 1 is 1.22 bits per heavy atom. The smallest absolute Gasteiger partial charge is 0.122 e. The fraction of sp³-hybridized carbons (Fsp3) is 0.684. The molecule has 1 fully saturated rings. The maximum Gasteiger partial charge on any atom is 0.122 e. The zero-order valence-corrected chi connectivity index (χ0v) is 14.7. The zero-order valence-electron chi connectivity index (χ0n) is 14.7. The minimum Gasteiger partial charge on any atom is -0.491 e. The van der Waals surface area contributed by atoms with Crippen molar-refractivity contribution in [2.45, 2.75) is 38.7 Å². The lowest BCUT2D eigenvalue weighted by atomic mass is 9.97. The van der Waals surface area contributed by atoms with Crippen molar-refractivity contribution in [3.8, 4) is 5.75 Å².